The summed E-state index contributed by atoms with van der Waals surface area (Å²) in [6.45, 7) is 10.4. The molecule has 0 aliphatic carbocycles. The van der Waals surface area contributed by atoms with Crippen LogP contribution in [0, 0.1) is 6.92 Å². The molecule has 2 atom stereocenters. The van der Waals surface area contributed by atoms with Crippen molar-refractivity contribution in [1.29, 1.82) is 0 Å². The smallest absolute Gasteiger partial charge is 0.215 e. The summed E-state index contributed by atoms with van der Waals surface area (Å²) in [4.78, 5) is 8.79. The highest BCUT2D eigenvalue weighted by molar-refractivity contribution is 7.80. The number of thiocarbonyl (C=S) groups is 1. The number of aromatic nitrogens is 2. The average molecular weight is 639 g/mol. The Hall–Kier alpha value is -2.11. The van der Waals surface area contributed by atoms with Crippen LogP contribution < -0.4 is 10.1 Å². The summed E-state index contributed by atoms with van der Waals surface area (Å²) in [6, 6.07) is 9.43. The average Bonchev–Trinajstić information content (AvgIpc) is 3.59. The predicted octanol–water partition coefficient (Wildman–Crippen LogP) is 5.51. The third-order valence-corrected chi connectivity index (χ3v) is 8.48. The first-order valence-electron chi connectivity index (χ1n) is 13.7. The lowest BCUT2D eigenvalue weighted by molar-refractivity contribution is -0.189. The predicted molar refractivity (Wildman–Crippen MR) is 166 cm³/mol. The number of halogens is 3. The number of rotatable bonds is 9. The second-order valence-electron chi connectivity index (χ2n) is 10.3. The van der Waals surface area contributed by atoms with Crippen molar-refractivity contribution in [1.82, 2.24) is 24.7 Å². The van der Waals surface area contributed by atoms with Gasteiger partial charge < -0.3 is 29.0 Å². The molecule has 0 radical (unpaired) electrons. The standard InChI is InChI=1S/C29H34Cl3N5O3S/c1-3-34-28(41)37-10-8-35(9-11-37)15-21-12-20(2)27(26(32)13-21)38-16-23-17-39-29(40-23,18-36-7-6-33-19-36)24-5-4-22(30)14-25(24)31/h4-7,12-14,19,23H,3,8-11,15-18H2,1-2H3,(H,34,41). The summed E-state index contributed by atoms with van der Waals surface area (Å²) < 4.78 is 20.9. The van der Waals surface area contributed by atoms with E-state index in [9.17, 15) is 0 Å². The lowest BCUT2D eigenvalue weighted by Crippen LogP contribution is -2.51. The summed E-state index contributed by atoms with van der Waals surface area (Å²) in [6.07, 6.45) is 4.93. The molecule has 2 aliphatic rings. The van der Waals surface area contributed by atoms with Crippen molar-refractivity contribution >= 4 is 52.1 Å². The van der Waals surface area contributed by atoms with Crippen molar-refractivity contribution < 1.29 is 14.2 Å². The molecule has 0 spiro atoms. The molecule has 2 aliphatic heterocycles. The number of benzene rings is 2. The van der Waals surface area contributed by atoms with Gasteiger partial charge in [0, 0.05) is 62.2 Å². The van der Waals surface area contributed by atoms with E-state index in [1.807, 2.05) is 29.8 Å². The fraction of sp³-hybridized carbons (Fsp3) is 0.448. The molecule has 2 aromatic carbocycles. The first kappa shape index (κ1) is 30.4. The van der Waals surface area contributed by atoms with Gasteiger partial charge >= 0.3 is 0 Å². The number of nitrogens with one attached hydrogen (secondary N) is 1. The normalized spacial score (nSPS) is 21.3. The van der Waals surface area contributed by atoms with Gasteiger partial charge in [0.1, 0.15) is 18.5 Å². The van der Waals surface area contributed by atoms with Crippen LogP contribution in [-0.2, 0) is 28.4 Å². The molecule has 41 heavy (non-hydrogen) atoms. The van der Waals surface area contributed by atoms with Gasteiger partial charge in [-0.25, -0.2) is 4.98 Å². The number of piperazine rings is 1. The van der Waals surface area contributed by atoms with E-state index in [0.29, 0.717) is 39.5 Å². The van der Waals surface area contributed by atoms with Crippen LogP contribution in [0.15, 0.2) is 49.1 Å². The van der Waals surface area contributed by atoms with Gasteiger partial charge in [0.2, 0.25) is 5.79 Å². The Morgan fingerprint density at radius 1 is 1.15 bits per heavy atom. The van der Waals surface area contributed by atoms with Crippen molar-refractivity contribution in [2.45, 2.75) is 38.8 Å². The number of aryl methyl sites for hydroxylation is 1. The van der Waals surface area contributed by atoms with Crippen molar-refractivity contribution in [3.05, 3.63) is 80.8 Å². The fourth-order valence-electron chi connectivity index (χ4n) is 5.26. The SMILES string of the molecule is CCNC(=S)N1CCN(Cc2cc(C)c(OCC3COC(Cn4ccnc4)(c4ccc(Cl)cc4Cl)O3)c(Cl)c2)CC1. The Kier molecular flexibility index (Phi) is 9.97. The highest BCUT2D eigenvalue weighted by Gasteiger charge is 2.45. The molecule has 0 amide bonds. The van der Waals surface area contributed by atoms with Crippen LogP contribution in [0.4, 0.5) is 0 Å². The van der Waals surface area contributed by atoms with Gasteiger partial charge in [-0.2, -0.15) is 0 Å². The van der Waals surface area contributed by atoms with Gasteiger partial charge in [-0.05, 0) is 55.4 Å². The van der Waals surface area contributed by atoms with Crippen molar-refractivity contribution in [3.8, 4) is 5.75 Å². The number of nitrogens with zero attached hydrogens (tertiary/aromatic N) is 4. The maximum Gasteiger partial charge on any atom is 0.215 e. The van der Waals surface area contributed by atoms with Gasteiger partial charge in [0.25, 0.3) is 0 Å². The second kappa shape index (κ2) is 13.5. The Balaban J connectivity index is 1.21. The highest BCUT2D eigenvalue weighted by Crippen LogP contribution is 2.41. The Morgan fingerprint density at radius 3 is 2.63 bits per heavy atom. The van der Waals surface area contributed by atoms with Gasteiger partial charge in [-0.3, -0.25) is 4.90 Å². The molecule has 5 rings (SSSR count). The maximum absolute atomic E-state index is 6.73. The Morgan fingerprint density at radius 2 is 1.95 bits per heavy atom. The van der Waals surface area contributed by atoms with E-state index in [2.05, 4.69) is 33.1 Å². The van der Waals surface area contributed by atoms with Gasteiger partial charge in [-0.15, -0.1) is 0 Å². The van der Waals surface area contributed by atoms with Crippen molar-refractivity contribution in [3.63, 3.8) is 0 Å². The van der Waals surface area contributed by atoms with Crippen LogP contribution in [0.3, 0.4) is 0 Å². The molecule has 3 aromatic rings. The largest absolute Gasteiger partial charge is 0.489 e. The number of hydrogen-bond acceptors (Lipinski definition) is 6. The second-order valence-corrected chi connectivity index (χ2v) is 11.9. The summed E-state index contributed by atoms with van der Waals surface area (Å²) in [7, 11) is 0. The third kappa shape index (κ3) is 7.28. The monoisotopic (exact) mass is 637 g/mol. The minimum Gasteiger partial charge on any atom is -0.489 e. The van der Waals surface area contributed by atoms with E-state index in [-0.39, 0.29) is 12.7 Å². The number of ether oxygens (including phenoxy) is 3. The zero-order chi connectivity index (χ0) is 29.0. The molecule has 220 valence electrons. The molecule has 2 saturated heterocycles. The van der Waals surface area contributed by atoms with Crippen LogP contribution >= 0.6 is 47.0 Å². The van der Waals surface area contributed by atoms with Gasteiger partial charge in [0.05, 0.1) is 29.5 Å². The number of imidazole rings is 1. The summed E-state index contributed by atoms with van der Waals surface area (Å²) in [5.74, 6) is -0.462. The first-order chi connectivity index (χ1) is 19.8. The molecule has 12 heteroatoms. The molecule has 0 saturated carbocycles. The molecule has 0 bridgehead atoms. The minimum atomic E-state index is -1.11. The van der Waals surface area contributed by atoms with Crippen molar-refractivity contribution in [2.75, 3.05) is 45.9 Å². The third-order valence-electron chi connectivity index (χ3n) is 7.25. The highest BCUT2D eigenvalue weighted by atomic mass is 35.5. The van der Waals surface area contributed by atoms with Gasteiger partial charge in [0.15, 0.2) is 5.11 Å². The van der Waals surface area contributed by atoms with E-state index >= 15 is 0 Å². The maximum atomic E-state index is 6.73. The quantitative estimate of drug-likeness (QED) is 0.308. The summed E-state index contributed by atoms with van der Waals surface area (Å²) in [5, 5.41) is 5.66. The van der Waals surface area contributed by atoms with E-state index in [0.717, 1.165) is 55.5 Å². The summed E-state index contributed by atoms with van der Waals surface area (Å²) in [5.41, 5.74) is 2.83. The lowest BCUT2D eigenvalue weighted by Gasteiger charge is -2.36. The Labute approximate surface area is 261 Å². The van der Waals surface area contributed by atoms with Crippen LogP contribution in [0.1, 0.15) is 23.6 Å². The van der Waals surface area contributed by atoms with Crippen molar-refractivity contribution in [2.24, 2.45) is 0 Å². The first-order valence-corrected chi connectivity index (χ1v) is 15.2. The van der Waals surface area contributed by atoms with Crippen LogP contribution in [0.25, 0.3) is 0 Å². The van der Waals surface area contributed by atoms with Crippen LogP contribution in [-0.4, -0.2) is 76.5 Å². The molecular weight excluding hydrogens is 605 g/mol. The van der Waals surface area contributed by atoms with Crippen LogP contribution in [0.5, 0.6) is 5.75 Å². The zero-order valence-corrected chi connectivity index (χ0v) is 26.2. The van der Waals surface area contributed by atoms with E-state index in [4.69, 9.17) is 61.2 Å². The van der Waals surface area contributed by atoms with E-state index in [1.54, 1.807) is 24.7 Å². The summed E-state index contributed by atoms with van der Waals surface area (Å²) >= 11 is 24.9. The molecule has 8 nitrogen and oxygen atoms in total. The topological polar surface area (TPSA) is 64.0 Å². The van der Waals surface area contributed by atoms with Gasteiger partial charge in [-0.1, -0.05) is 46.9 Å². The van der Waals surface area contributed by atoms with E-state index in [1.165, 1.54) is 0 Å². The number of hydrogen-bond donors (Lipinski definition) is 1. The Bertz CT molecular complexity index is 1330. The minimum absolute atomic E-state index is 0.268. The lowest BCUT2D eigenvalue weighted by atomic mass is 10.1. The molecule has 2 fully saturated rings. The molecular formula is C29H34Cl3N5O3S. The zero-order valence-electron chi connectivity index (χ0n) is 23.1. The molecule has 3 heterocycles. The molecule has 1 aromatic heterocycles. The molecule has 1 N–H and O–H groups in total. The fourth-order valence-corrected chi connectivity index (χ4v) is 6.48. The molecule has 2 unspecified atom stereocenters. The van der Waals surface area contributed by atoms with E-state index < -0.39 is 5.79 Å². The van der Waals surface area contributed by atoms with Crippen LogP contribution in [0.2, 0.25) is 15.1 Å².